The molecule has 0 aliphatic heterocycles. The minimum atomic E-state index is -4.42. The largest absolute Gasteiger partial charge is 0.494 e. The highest BCUT2D eigenvalue weighted by Gasteiger charge is 2.30. The van der Waals surface area contributed by atoms with E-state index >= 15 is 0 Å². The van der Waals surface area contributed by atoms with Crippen molar-refractivity contribution in [2.24, 2.45) is 10.2 Å². The molecular weight excluding hydrogens is 385 g/mol. The highest BCUT2D eigenvalue weighted by molar-refractivity contribution is 5.86. The first-order valence-corrected chi connectivity index (χ1v) is 8.90. The van der Waals surface area contributed by atoms with E-state index in [0.717, 1.165) is 12.1 Å². The van der Waals surface area contributed by atoms with Crippen molar-refractivity contribution in [3.8, 4) is 5.75 Å². The third-order valence-electron chi connectivity index (χ3n) is 3.68. The number of azo groups is 1. The van der Waals surface area contributed by atoms with Gasteiger partial charge in [0.25, 0.3) is 0 Å². The fourth-order valence-electron chi connectivity index (χ4n) is 2.15. The van der Waals surface area contributed by atoms with Crippen LogP contribution in [0.3, 0.4) is 0 Å². The summed E-state index contributed by atoms with van der Waals surface area (Å²) in [5.74, 6) is 0.225. The maximum Gasteiger partial charge on any atom is 0.416 e. The van der Waals surface area contributed by atoms with Gasteiger partial charge in [0.05, 0.1) is 30.2 Å². The third-order valence-corrected chi connectivity index (χ3v) is 3.68. The van der Waals surface area contributed by atoms with Crippen LogP contribution in [0, 0.1) is 0 Å². The van der Waals surface area contributed by atoms with Gasteiger partial charge in [0.1, 0.15) is 5.75 Å². The van der Waals surface area contributed by atoms with Crippen molar-refractivity contribution in [3.05, 3.63) is 66.2 Å². The molecule has 0 heterocycles. The predicted octanol–water partition coefficient (Wildman–Crippen LogP) is 6.40. The molecule has 154 valence electrons. The minimum Gasteiger partial charge on any atom is -0.494 e. The van der Waals surface area contributed by atoms with Gasteiger partial charge in [0.2, 0.25) is 0 Å². The fraction of sp³-hybridized carbons (Fsp3) is 0.286. The predicted molar refractivity (Wildman–Crippen MR) is 103 cm³/mol. The summed E-state index contributed by atoms with van der Waals surface area (Å²) in [6, 6.07) is 11.4. The summed E-state index contributed by atoms with van der Waals surface area (Å²) in [4.78, 5) is 11.2. The minimum absolute atomic E-state index is 0.118. The smallest absolute Gasteiger partial charge is 0.416 e. The van der Waals surface area contributed by atoms with Crippen molar-refractivity contribution < 1.29 is 27.4 Å². The monoisotopic (exact) mass is 406 g/mol. The van der Waals surface area contributed by atoms with Gasteiger partial charge in [-0.25, -0.2) is 4.79 Å². The molecule has 0 atom stereocenters. The van der Waals surface area contributed by atoms with Gasteiger partial charge in [-0.2, -0.15) is 23.4 Å². The molecule has 0 fully saturated rings. The van der Waals surface area contributed by atoms with Crippen LogP contribution >= 0.6 is 0 Å². The molecule has 0 bridgehead atoms. The van der Waals surface area contributed by atoms with Gasteiger partial charge in [-0.1, -0.05) is 12.6 Å². The van der Waals surface area contributed by atoms with E-state index in [-0.39, 0.29) is 5.69 Å². The number of carbonyl (C=O) groups is 1. The lowest BCUT2D eigenvalue weighted by molar-refractivity contribution is -0.139. The molecule has 8 heteroatoms. The van der Waals surface area contributed by atoms with Gasteiger partial charge in [-0.05, 0) is 62.2 Å². The second-order valence-corrected chi connectivity index (χ2v) is 6.21. The number of ether oxygens (including phenoxy) is 2. The average Bonchev–Trinajstić information content (AvgIpc) is 2.69. The summed E-state index contributed by atoms with van der Waals surface area (Å²) in [6.07, 6.45) is -3.04. The Hall–Kier alpha value is -3.16. The number of carbonyl (C=O) groups excluding carboxylic acids is 1. The quantitative estimate of drug-likeness (QED) is 0.210. The molecule has 0 radical (unpaired) electrons. The number of esters is 1. The molecule has 29 heavy (non-hydrogen) atoms. The molecule has 0 aromatic heterocycles. The average molecular weight is 406 g/mol. The zero-order chi connectivity index (χ0) is 21.3. The Morgan fingerprint density at radius 2 is 1.66 bits per heavy atom. The number of rotatable bonds is 9. The number of nitrogens with zero attached hydrogens (tertiary/aromatic N) is 2. The van der Waals surface area contributed by atoms with E-state index in [1.807, 2.05) is 0 Å². The lowest BCUT2D eigenvalue weighted by Crippen LogP contribution is -2.07. The maximum atomic E-state index is 12.7. The first-order valence-electron chi connectivity index (χ1n) is 8.90. The first-order chi connectivity index (χ1) is 13.8. The summed E-state index contributed by atoms with van der Waals surface area (Å²) in [5, 5.41) is 7.78. The van der Waals surface area contributed by atoms with E-state index in [2.05, 4.69) is 16.8 Å². The van der Waals surface area contributed by atoms with Crippen LogP contribution in [0.25, 0.3) is 0 Å². The molecule has 0 aliphatic carbocycles. The van der Waals surface area contributed by atoms with Gasteiger partial charge in [-0.15, -0.1) is 0 Å². The molecule has 2 aromatic carbocycles. The topological polar surface area (TPSA) is 60.2 Å². The van der Waals surface area contributed by atoms with Gasteiger partial charge in [-0.3, -0.25) is 0 Å². The van der Waals surface area contributed by atoms with Crippen molar-refractivity contribution in [2.75, 3.05) is 13.2 Å². The number of halogens is 3. The van der Waals surface area contributed by atoms with Crippen LogP contribution in [-0.2, 0) is 15.7 Å². The summed E-state index contributed by atoms with van der Waals surface area (Å²) in [5.41, 5.74) is 0.201. The Morgan fingerprint density at radius 1 is 1.00 bits per heavy atom. The molecule has 0 spiro atoms. The lowest BCUT2D eigenvalue weighted by Gasteiger charge is -2.07. The summed E-state index contributed by atoms with van der Waals surface area (Å²) in [6.45, 7) is 5.86. The molecule has 0 amide bonds. The molecule has 2 aromatic rings. The number of benzene rings is 2. The molecule has 0 saturated heterocycles. The Bertz CT molecular complexity index is 862. The first kappa shape index (κ1) is 22.1. The lowest BCUT2D eigenvalue weighted by atomic mass is 10.2. The standard InChI is InChI=1S/C21H21F3N2O3/c1-15(2)20(27)29-13-4-3-12-28-19-10-8-17(9-11-19)25-26-18-7-5-6-16(14-18)21(22,23)24/h5-11,14H,1,3-4,12-13H2,2H3. The van der Waals surface area contributed by atoms with Crippen LogP contribution in [-0.4, -0.2) is 19.2 Å². The van der Waals surface area contributed by atoms with Gasteiger partial charge >= 0.3 is 12.1 Å². The molecule has 0 saturated carbocycles. The van der Waals surface area contributed by atoms with Crippen molar-refractivity contribution in [2.45, 2.75) is 25.9 Å². The van der Waals surface area contributed by atoms with Crippen LogP contribution in [0.1, 0.15) is 25.3 Å². The van der Waals surface area contributed by atoms with Crippen molar-refractivity contribution >= 4 is 17.3 Å². The van der Waals surface area contributed by atoms with E-state index in [4.69, 9.17) is 9.47 Å². The summed E-state index contributed by atoms with van der Waals surface area (Å²) in [7, 11) is 0. The van der Waals surface area contributed by atoms with Crippen molar-refractivity contribution in [3.63, 3.8) is 0 Å². The van der Waals surface area contributed by atoms with E-state index < -0.39 is 17.7 Å². The fourth-order valence-corrected chi connectivity index (χ4v) is 2.15. The summed E-state index contributed by atoms with van der Waals surface area (Å²) < 4.78 is 48.7. The van der Waals surface area contributed by atoms with Crippen LogP contribution in [0.2, 0.25) is 0 Å². The number of hydrogen-bond donors (Lipinski definition) is 0. The number of alkyl halides is 3. The Labute approximate surface area is 166 Å². The zero-order valence-electron chi connectivity index (χ0n) is 15.9. The SMILES string of the molecule is C=C(C)C(=O)OCCCCOc1ccc(N=Nc2cccc(C(F)(F)F)c2)cc1. The second kappa shape index (κ2) is 10.4. The highest BCUT2D eigenvalue weighted by Crippen LogP contribution is 2.32. The zero-order valence-corrected chi connectivity index (χ0v) is 15.9. The molecular formula is C21H21F3N2O3. The molecule has 5 nitrogen and oxygen atoms in total. The van der Waals surface area contributed by atoms with Gasteiger partial charge < -0.3 is 9.47 Å². The van der Waals surface area contributed by atoms with Crippen molar-refractivity contribution in [1.82, 2.24) is 0 Å². The van der Waals surface area contributed by atoms with Gasteiger partial charge in [0.15, 0.2) is 0 Å². The number of hydrogen-bond acceptors (Lipinski definition) is 5. The summed E-state index contributed by atoms with van der Waals surface area (Å²) >= 11 is 0. The Morgan fingerprint density at radius 3 is 2.31 bits per heavy atom. The maximum absolute atomic E-state index is 12.7. The van der Waals surface area contributed by atoms with Gasteiger partial charge in [0, 0.05) is 5.57 Å². The van der Waals surface area contributed by atoms with Crippen LogP contribution in [0.4, 0.5) is 24.5 Å². The van der Waals surface area contributed by atoms with Crippen LogP contribution < -0.4 is 4.74 Å². The Kier molecular flexibility index (Phi) is 7.94. The molecule has 0 aliphatic rings. The van der Waals surface area contributed by atoms with E-state index in [9.17, 15) is 18.0 Å². The van der Waals surface area contributed by atoms with Crippen LogP contribution in [0.5, 0.6) is 5.75 Å². The normalized spacial score (nSPS) is 11.4. The Balaban J connectivity index is 1.78. The van der Waals surface area contributed by atoms with Crippen LogP contribution in [0.15, 0.2) is 70.9 Å². The second-order valence-electron chi connectivity index (χ2n) is 6.21. The molecule has 2 rings (SSSR count). The van der Waals surface area contributed by atoms with E-state index in [0.29, 0.717) is 43.1 Å². The molecule has 0 unspecified atom stereocenters. The van der Waals surface area contributed by atoms with E-state index in [1.165, 1.54) is 12.1 Å². The van der Waals surface area contributed by atoms with Crippen molar-refractivity contribution in [1.29, 1.82) is 0 Å². The van der Waals surface area contributed by atoms with E-state index in [1.54, 1.807) is 31.2 Å². The highest BCUT2D eigenvalue weighted by atomic mass is 19.4. The molecule has 0 N–H and O–H groups in total. The number of unbranched alkanes of at least 4 members (excludes halogenated alkanes) is 1. The third kappa shape index (κ3) is 7.77.